The summed E-state index contributed by atoms with van der Waals surface area (Å²) in [5.74, 6) is -1.95. The third kappa shape index (κ3) is 3.57. The fraction of sp³-hybridized carbons (Fsp3) is 0.0476. The molecular weight excluding hydrogens is 366 g/mol. The van der Waals surface area contributed by atoms with E-state index in [4.69, 9.17) is 0 Å². The highest BCUT2D eigenvalue weighted by Crippen LogP contribution is 2.29. The number of amides is 1. The first kappa shape index (κ1) is 17.3. The molecule has 0 saturated heterocycles. The number of nitrogens with one attached hydrogen (secondary N) is 1. The van der Waals surface area contributed by atoms with Crippen molar-refractivity contribution in [3.63, 3.8) is 0 Å². The quantitative estimate of drug-likeness (QED) is 0.488. The van der Waals surface area contributed by atoms with Gasteiger partial charge in [0.2, 0.25) is 0 Å². The molecule has 27 heavy (non-hydrogen) atoms. The third-order valence-corrected chi connectivity index (χ3v) is 5.00. The fourth-order valence-corrected chi connectivity index (χ4v) is 3.59. The van der Waals surface area contributed by atoms with E-state index < -0.39 is 17.5 Å². The molecule has 0 fully saturated rings. The molecule has 4 aromatic rings. The number of rotatable bonds is 3. The second kappa shape index (κ2) is 6.89. The Bertz CT molecular complexity index is 1140. The van der Waals surface area contributed by atoms with Gasteiger partial charge >= 0.3 is 0 Å². The van der Waals surface area contributed by atoms with Crippen LogP contribution in [0.25, 0.3) is 21.5 Å². The van der Waals surface area contributed by atoms with Crippen LogP contribution in [0, 0.1) is 18.6 Å². The van der Waals surface area contributed by atoms with E-state index >= 15 is 0 Å². The Hall–Kier alpha value is -3.12. The fourth-order valence-electron chi connectivity index (χ4n) is 2.90. The van der Waals surface area contributed by atoms with Gasteiger partial charge in [0.15, 0.2) is 0 Å². The molecule has 0 aliphatic carbocycles. The predicted molar refractivity (Wildman–Crippen MR) is 104 cm³/mol. The Kier molecular flexibility index (Phi) is 4.41. The Balaban J connectivity index is 1.83. The van der Waals surface area contributed by atoms with Crippen molar-refractivity contribution in [3.8, 4) is 10.6 Å². The number of pyridine rings is 1. The summed E-state index contributed by atoms with van der Waals surface area (Å²) in [7, 11) is 0. The standard InChI is InChI=1S/C21H14F2N2OS/c1-12-4-5-18-16(7-12)17(11-19(25-18)20-3-2-6-27-20)21(26)24-15-9-13(22)8-14(23)10-15/h2-11H,1H3,(H,24,26). The molecule has 0 atom stereocenters. The Morgan fingerprint density at radius 1 is 1.04 bits per heavy atom. The van der Waals surface area contributed by atoms with E-state index in [2.05, 4.69) is 10.3 Å². The summed E-state index contributed by atoms with van der Waals surface area (Å²) in [4.78, 5) is 18.5. The number of anilines is 1. The van der Waals surface area contributed by atoms with Crippen LogP contribution >= 0.6 is 11.3 Å². The number of carbonyl (C=O) groups is 1. The molecule has 3 nitrogen and oxygen atoms in total. The normalized spacial score (nSPS) is 10.9. The first-order valence-electron chi connectivity index (χ1n) is 8.22. The number of fused-ring (bicyclic) bond motifs is 1. The molecular formula is C21H14F2N2OS. The molecule has 0 saturated carbocycles. The van der Waals surface area contributed by atoms with Crippen LogP contribution in [0.3, 0.4) is 0 Å². The lowest BCUT2D eigenvalue weighted by Crippen LogP contribution is -2.13. The van der Waals surface area contributed by atoms with Gasteiger partial charge < -0.3 is 5.32 Å². The Morgan fingerprint density at radius 2 is 1.81 bits per heavy atom. The molecule has 1 N–H and O–H groups in total. The lowest BCUT2D eigenvalue weighted by Gasteiger charge is -2.11. The van der Waals surface area contributed by atoms with Gasteiger partial charge in [-0.3, -0.25) is 4.79 Å². The van der Waals surface area contributed by atoms with Crippen molar-refractivity contribution >= 4 is 33.8 Å². The van der Waals surface area contributed by atoms with Gasteiger partial charge in [-0.15, -0.1) is 11.3 Å². The summed E-state index contributed by atoms with van der Waals surface area (Å²) >= 11 is 1.52. The summed E-state index contributed by atoms with van der Waals surface area (Å²) in [5.41, 5.74) is 2.81. The molecule has 2 heterocycles. The van der Waals surface area contributed by atoms with E-state index in [0.717, 1.165) is 28.6 Å². The second-order valence-electron chi connectivity index (χ2n) is 6.17. The Morgan fingerprint density at radius 3 is 2.52 bits per heavy atom. The lowest BCUT2D eigenvalue weighted by molar-refractivity contribution is 0.102. The number of hydrogen-bond acceptors (Lipinski definition) is 3. The topological polar surface area (TPSA) is 42.0 Å². The van der Waals surface area contributed by atoms with Gasteiger partial charge in [-0.25, -0.2) is 13.8 Å². The van der Waals surface area contributed by atoms with Crippen molar-refractivity contribution in [2.24, 2.45) is 0 Å². The average Bonchev–Trinajstić information content (AvgIpc) is 3.14. The minimum absolute atomic E-state index is 0.0628. The molecule has 2 aromatic heterocycles. The first-order chi connectivity index (χ1) is 13.0. The van der Waals surface area contributed by atoms with Crippen LogP contribution in [0.1, 0.15) is 15.9 Å². The van der Waals surface area contributed by atoms with Crippen molar-refractivity contribution in [1.29, 1.82) is 0 Å². The maximum Gasteiger partial charge on any atom is 0.256 e. The maximum atomic E-state index is 13.4. The number of aromatic nitrogens is 1. The smallest absolute Gasteiger partial charge is 0.256 e. The third-order valence-electron chi connectivity index (χ3n) is 4.10. The van der Waals surface area contributed by atoms with E-state index in [1.54, 1.807) is 6.07 Å². The van der Waals surface area contributed by atoms with Gasteiger partial charge in [0.05, 0.1) is 21.7 Å². The van der Waals surface area contributed by atoms with Crippen molar-refractivity contribution in [1.82, 2.24) is 4.98 Å². The molecule has 0 bridgehead atoms. The minimum Gasteiger partial charge on any atom is -0.322 e. The summed E-state index contributed by atoms with van der Waals surface area (Å²) in [6, 6.07) is 14.1. The predicted octanol–water partition coefficient (Wildman–Crippen LogP) is 5.80. The molecule has 0 spiro atoms. The first-order valence-corrected chi connectivity index (χ1v) is 9.10. The molecule has 2 aromatic carbocycles. The highest BCUT2D eigenvalue weighted by Gasteiger charge is 2.15. The molecule has 0 unspecified atom stereocenters. The molecule has 0 aliphatic rings. The zero-order valence-electron chi connectivity index (χ0n) is 14.3. The molecule has 0 aliphatic heterocycles. The zero-order valence-corrected chi connectivity index (χ0v) is 15.1. The highest BCUT2D eigenvalue weighted by molar-refractivity contribution is 7.13. The number of hydrogen-bond donors (Lipinski definition) is 1. The average molecular weight is 380 g/mol. The van der Waals surface area contributed by atoms with Crippen LogP contribution in [0.5, 0.6) is 0 Å². The zero-order chi connectivity index (χ0) is 19.0. The van der Waals surface area contributed by atoms with Gasteiger partial charge in [0.25, 0.3) is 5.91 Å². The summed E-state index contributed by atoms with van der Waals surface area (Å²) < 4.78 is 26.9. The number of thiophene rings is 1. The lowest BCUT2D eigenvalue weighted by atomic mass is 10.0. The monoisotopic (exact) mass is 380 g/mol. The van der Waals surface area contributed by atoms with Crippen LogP contribution in [0.4, 0.5) is 14.5 Å². The van der Waals surface area contributed by atoms with Crippen LogP contribution in [-0.4, -0.2) is 10.9 Å². The van der Waals surface area contributed by atoms with Crippen LogP contribution in [-0.2, 0) is 0 Å². The van der Waals surface area contributed by atoms with Crippen molar-refractivity contribution < 1.29 is 13.6 Å². The van der Waals surface area contributed by atoms with Gasteiger partial charge in [-0.2, -0.15) is 0 Å². The van der Waals surface area contributed by atoms with E-state index in [0.29, 0.717) is 22.2 Å². The van der Waals surface area contributed by atoms with Crippen molar-refractivity contribution in [3.05, 3.63) is 82.7 Å². The van der Waals surface area contributed by atoms with Crippen molar-refractivity contribution in [2.75, 3.05) is 5.32 Å². The van der Waals surface area contributed by atoms with E-state index in [9.17, 15) is 13.6 Å². The number of carbonyl (C=O) groups excluding carboxylic acids is 1. The van der Waals surface area contributed by atoms with E-state index in [1.807, 2.05) is 42.6 Å². The summed E-state index contributed by atoms with van der Waals surface area (Å²) in [5, 5.41) is 5.20. The Labute approximate surface area is 158 Å². The van der Waals surface area contributed by atoms with Gasteiger partial charge in [0.1, 0.15) is 11.6 Å². The SMILES string of the molecule is Cc1ccc2nc(-c3cccs3)cc(C(=O)Nc3cc(F)cc(F)c3)c2c1. The number of nitrogens with zero attached hydrogens (tertiary/aromatic N) is 1. The van der Waals surface area contributed by atoms with Gasteiger partial charge in [-0.1, -0.05) is 17.7 Å². The molecule has 4 rings (SSSR count). The minimum atomic E-state index is -0.750. The highest BCUT2D eigenvalue weighted by atomic mass is 32.1. The molecule has 1 amide bonds. The summed E-state index contributed by atoms with van der Waals surface area (Å²) in [6.07, 6.45) is 0. The summed E-state index contributed by atoms with van der Waals surface area (Å²) in [6.45, 7) is 1.93. The molecule has 134 valence electrons. The number of aryl methyl sites for hydroxylation is 1. The van der Waals surface area contributed by atoms with Crippen molar-refractivity contribution in [2.45, 2.75) is 6.92 Å². The van der Waals surface area contributed by atoms with E-state index in [1.165, 1.54) is 11.3 Å². The van der Waals surface area contributed by atoms with Crippen LogP contribution in [0.2, 0.25) is 0 Å². The van der Waals surface area contributed by atoms with Gasteiger partial charge in [-0.05, 0) is 48.7 Å². The van der Waals surface area contributed by atoms with Crippen LogP contribution < -0.4 is 5.32 Å². The van der Waals surface area contributed by atoms with Crippen LogP contribution in [0.15, 0.2) is 60.0 Å². The van der Waals surface area contributed by atoms with E-state index in [-0.39, 0.29) is 5.69 Å². The molecule has 6 heteroatoms. The number of benzene rings is 2. The maximum absolute atomic E-state index is 13.4. The molecule has 0 radical (unpaired) electrons. The van der Waals surface area contributed by atoms with Gasteiger partial charge in [0, 0.05) is 17.1 Å². The largest absolute Gasteiger partial charge is 0.322 e. The number of halogens is 2. The second-order valence-corrected chi connectivity index (χ2v) is 7.11.